The highest BCUT2D eigenvalue weighted by atomic mass is 19.3. The Labute approximate surface area is 130 Å². The predicted octanol–water partition coefficient (Wildman–Crippen LogP) is 1.77. The maximum absolute atomic E-state index is 12.5. The molecule has 0 amide bonds. The molecule has 0 spiro atoms. The van der Waals surface area contributed by atoms with E-state index in [9.17, 15) is 8.78 Å². The number of piperazine rings is 1. The quantitative estimate of drug-likeness (QED) is 0.897. The summed E-state index contributed by atoms with van der Waals surface area (Å²) in [6, 6.07) is 7.74. The van der Waals surface area contributed by atoms with Gasteiger partial charge in [-0.05, 0) is 19.0 Å². The van der Waals surface area contributed by atoms with Crippen molar-refractivity contribution in [3.05, 3.63) is 29.8 Å². The van der Waals surface area contributed by atoms with Crippen molar-refractivity contribution in [3.8, 4) is 5.75 Å². The van der Waals surface area contributed by atoms with Crippen LogP contribution in [0.2, 0.25) is 0 Å². The lowest BCUT2D eigenvalue weighted by Crippen LogP contribution is -2.50. The lowest BCUT2D eigenvalue weighted by atomic mass is 10.1. The summed E-state index contributed by atoms with van der Waals surface area (Å²) in [4.78, 5) is 4.85. The molecule has 2 aliphatic rings. The second-order valence-corrected chi connectivity index (χ2v) is 5.94. The van der Waals surface area contributed by atoms with Gasteiger partial charge in [0.2, 0.25) is 0 Å². The first-order chi connectivity index (χ1) is 10.7. The number of nitrogens with one attached hydrogen (secondary N) is 1. The molecule has 1 atom stereocenters. The summed E-state index contributed by atoms with van der Waals surface area (Å²) in [6.07, 6.45) is 1.23. The third-order valence-corrected chi connectivity index (χ3v) is 4.54. The molecule has 2 fully saturated rings. The number of rotatable bonds is 5. The Morgan fingerprint density at radius 3 is 2.64 bits per heavy atom. The molecule has 2 heterocycles. The van der Waals surface area contributed by atoms with Crippen LogP contribution in [0.15, 0.2) is 24.3 Å². The molecule has 1 aromatic rings. The van der Waals surface area contributed by atoms with Gasteiger partial charge in [-0.3, -0.25) is 9.80 Å². The van der Waals surface area contributed by atoms with Crippen LogP contribution >= 0.6 is 0 Å². The molecule has 22 heavy (non-hydrogen) atoms. The summed E-state index contributed by atoms with van der Waals surface area (Å²) in [7, 11) is 0. The minimum atomic E-state index is -2.77. The fraction of sp³-hybridized carbons (Fsp3) is 0.625. The topological polar surface area (TPSA) is 27.7 Å². The maximum atomic E-state index is 12.5. The number of hydrogen-bond acceptors (Lipinski definition) is 4. The third kappa shape index (κ3) is 3.94. The van der Waals surface area contributed by atoms with E-state index < -0.39 is 6.61 Å². The highest BCUT2D eigenvalue weighted by Gasteiger charge is 2.26. The van der Waals surface area contributed by atoms with Crippen molar-refractivity contribution in [2.45, 2.75) is 25.6 Å². The van der Waals surface area contributed by atoms with Gasteiger partial charge in [-0.2, -0.15) is 8.78 Å². The van der Waals surface area contributed by atoms with E-state index >= 15 is 0 Å². The summed E-state index contributed by atoms with van der Waals surface area (Å²) in [6.45, 7) is 4.13. The second-order valence-electron chi connectivity index (χ2n) is 5.94. The number of nitrogens with zero attached hydrogens (tertiary/aromatic N) is 2. The number of para-hydroxylation sites is 1. The number of benzene rings is 1. The van der Waals surface area contributed by atoms with Crippen LogP contribution in [0.3, 0.4) is 0 Å². The van der Waals surface area contributed by atoms with Crippen molar-refractivity contribution >= 4 is 0 Å². The number of alkyl halides is 2. The number of hydrogen-bond donors (Lipinski definition) is 1. The van der Waals surface area contributed by atoms with Crippen molar-refractivity contribution in [2.75, 3.05) is 39.3 Å². The van der Waals surface area contributed by atoms with E-state index in [1.165, 1.54) is 6.42 Å². The van der Waals surface area contributed by atoms with E-state index in [2.05, 4.69) is 19.9 Å². The van der Waals surface area contributed by atoms with E-state index in [1.54, 1.807) is 12.1 Å². The fourth-order valence-electron chi connectivity index (χ4n) is 3.32. The van der Waals surface area contributed by atoms with Crippen LogP contribution in [0.25, 0.3) is 0 Å². The third-order valence-electron chi connectivity index (χ3n) is 4.54. The molecule has 2 saturated heterocycles. The van der Waals surface area contributed by atoms with Gasteiger partial charge in [-0.25, -0.2) is 0 Å². The molecule has 2 aliphatic heterocycles. The Balaban J connectivity index is 1.54. The van der Waals surface area contributed by atoms with Crippen LogP contribution in [-0.4, -0.2) is 61.7 Å². The highest BCUT2D eigenvalue weighted by Crippen LogP contribution is 2.23. The largest absolute Gasteiger partial charge is 0.434 e. The molecule has 1 unspecified atom stereocenters. The van der Waals surface area contributed by atoms with Crippen molar-refractivity contribution < 1.29 is 13.5 Å². The summed E-state index contributed by atoms with van der Waals surface area (Å²) < 4.78 is 29.5. The average molecular weight is 311 g/mol. The van der Waals surface area contributed by atoms with E-state index in [-0.39, 0.29) is 0 Å². The molecule has 0 saturated carbocycles. The summed E-state index contributed by atoms with van der Waals surface area (Å²) in [5, 5.41) is 3.40. The standard InChI is InChI=1S/C16H23F2N3O/c17-16(18)22-15-4-2-1-3-13(15)12-20-7-9-21(10-8-20)14-5-6-19-11-14/h1-4,14,16,19H,5-12H2. The fourth-order valence-corrected chi connectivity index (χ4v) is 3.32. The molecule has 3 rings (SSSR count). The van der Waals surface area contributed by atoms with Gasteiger partial charge < -0.3 is 10.1 Å². The second kappa shape index (κ2) is 7.35. The lowest BCUT2D eigenvalue weighted by Gasteiger charge is -2.38. The lowest BCUT2D eigenvalue weighted by molar-refractivity contribution is -0.0509. The molecule has 6 heteroatoms. The Kier molecular flexibility index (Phi) is 5.23. The van der Waals surface area contributed by atoms with Gasteiger partial charge in [-0.1, -0.05) is 18.2 Å². The van der Waals surface area contributed by atoms with Crippen LogP contribution < -0.4 is 10.1 Å². The van der Waals surface area contributed by atoms with Crippen molar-refractivity contribution in [2.24, 2.45) is 0 Å². The molecular weight excluding hydrogens is 288 g/mol. The van der Waals surface area contributed by atoms with Crippen molar-refractivity contribution in [1.82, 2.24) is 15.1 Å². The molecule has 1 aromatic carbocycles. The maximum Gasteiger partial charge on any atom is 0.387 e. The molecule has 0 aliphatic carbocycles. The Hall–Kier alpha value is -1.24. The number of halogens is 2. The molecule has 0 radical (unpaired) electrons. The van der Waals surface area contributed by atoms with Gasteiger partial charge in [-0.15, -0.1) is 0 Å². The Bertz CT molecular complexity index is 472. The summed E-state index contributed by atoms with van der Waals surface area (Å²) >= 11 is 0. The van der Waals surface area contributed by atoms with E-state index in [0.29, 0.717) is 18.3 Å². The summed E-state index contributed by atoms with van der Waals surface area (Å²) in [5.74, 6) is 0.292. The van der Waals surface area contributed by atoms with Crippen molar-refractivity contribution in [3.63, 3.8) is 0 Å². The summed E-state index contributed by atoms with van der Waals surface area (Å²) in [5.41, 5.74) is 0.832. The van der Waals surface area contributed by atoms with E-state index in [4.69, 9.17) is 0 Å². The first kappa shape index (κ1) is 15.6. The van der Waals surface area contributed by atoms with Gasteiger partial charge in [0.15, 0.2) is 0 Å². The normalized spacial score (nSPS) is 24.0. The Morgan fingerprint density at radius 1 is 1.18 bits per heavy atom. The zero-order valence-electron chi connectivity index (χ0n) is 12.7. The smallest absolute Gasteiger partial charge is 0.387 e. The Morgan fingerprint density at radius 2 is 1.95 bits per heavy atom. The molecule has 1 N–H and O–H groups in total. The first-order valence-corrected chi connectivity index (χ1v) is 7.92. The number of ether oxygens (including phenoxy) is 1. The van der Waals surface area contributed by atoms with Gasteiger partial charge in [0.25, 0.3) is 0 Å². The monoisotopic (exact) mass is 311 g/mol. The molecule has 0 bridgehead atoms. The molecule has 122 valence electrons. The van der Waals surface area contributed by atoms with Crippen LogP contribution in [0.5, 0.6) is 5.75 Å². The van der Waals surface area contributed by atoms with Gasteiger partial charge in [0, 0.05) is 50.9 Å². The van der Waals surface area contributed by atoms with E-state index in [0.717, 1.165) is 44.8 Å². The molecular formula is C16H23F2N3O. The average Bonchev–Trinajstić information content (AvgIpc) is 3.04. The van der Waals surface area contributed by atoms with Gasteiger partial charge >= 0.3 is 6.61 Å². The SMILES string of the molecule is FC(F)Oc1ccccc1CN1CCN(C2CCNC2)CC1. The predicted molar refractivity (Wildman–Crippen MR) is 81.2 cm³/mol. The molecule has 0 aromatic heterocycles. The highest BCUT2D eigenvalue weighted by molar-refractivity contribution is 5.33. The van der Waals surface area contributed by atoms with Crippen LogP contribution in [0, 0.1) is 0 Å². The zero-order valence-corrected chi connectivity index (χ0v) is 12.7. The van der Waals surface area contributed by atoms with Gasteiger partial charge in [0.05, 0.1) is 0 Å². The van der Waals surface area contributed by atoms with Crippen LogP contribution in [0.4, 0.5) is 8.78 Å². The van der Waals surface area contributed by atoms with Crippen LogP contribution in [0.1, 0.15) is 12.0 Å². The van der Waals surface area contributed by atoms with Crippen molar-refractivity contribution in [1.29, 1.82) is 0 Å². The van der Waals surface area contributed by atoms with Crippen LogP contribution in [-0.2, 0) is 6.54 Å². The molecule has 4 nitrogen and oxygen atoms in total. The first-order valence-electron chi connectivity index (χ1n) is 7.92. The minimum absolute atomic E-state index is 0.292. The minimum Gasteiger partial charge on any atom is -0.434 e. The van der Waals surface area contributed by atoms with Gasteiger partial charge in [0.1, 0.15) is 5.75 Å². The zero-order chi connectivity index (χ0) is 15.4. The van der Waals surface area contributed by atoms with E-state index in [1.807, 2.05) is 12.1 Å².